The van der Waals surface area contributed by atoms with Crippen molar-refractivity contribution in [3.05, 3.63) is 0 Å². The van der Waals surface area contributed by atoms with Gasteiger partial charge in [-0.3, -0.25) is 9.59 Å². The van der Waals surface area contributed by atoms with E-state index in [0.717, 1.165) is 0 Å². The Morgan fingerprint density at radius 3 is 1.46 bits per heavy atom. The van der Waals surface area contributed by atoms with Crippen molar-refractivity contribution in [1.29, 1.82) is 0 Å². The zero-order valence-corrected chi connectivity index (χ0v) is 9.22. The van der Waals surface area contributed by atoms with Crippen LogP contribution < -0.4 is 0 Å². The Hall–Kier alpha value is -0.860. The van der Waals surface area contributed by atoms with Crippen LogP contribution in [0.15, 0.2) is 0 Å². The average Bonchev–Trinajstić information content (AvgIpc) is 1.82. The van der Waals surface area contributed by atoms with Crippen LogP contribution in [0.25, 0.3) is 0 Å². The number of ether oxygens (including phenoxy) is 1. The Labute approximate surface area is 79.5 Å². The second-order valence-corrected chi connectivity index (χ2v) is 4.43. The summed E-state index contributed by atoms with van der Waals surface area (Å²) in [6.45, 7) is 10.0. The van der Waals surface area contributed by atoms with E-state index in [4.69, 9.17) is 4.74 Å². The summed E-state index contributed by atoms with van der Waals surface area (Å²) in [6.07, 6.45) is 0. The van der Waals surface area contributed by atoms with Crippen molar-refractivity contribution >= 4 is 11.8 Å². The van der Waals surface area contributed by atoms with Gasteiger partial charge in [0.15, 0.2) is 11.4 Å². The van der Waals surface area contributed by atoms with Crippen LogP contribution in [-0.2, 0) is 14.3 Å². The Morgan fingerprint density at radius 1 is 1.00 bits per heavy atom. The molecule has 0 aliphatic heterocycles. The minimum atomic E-state index is -1.03. The zero-order chi connectivity index (χ0) is 10.9. The fraction of sp³-hybridized carbons (Fsp3) is 0.800. The summed E-state index contributed by atoms with van der Waals surface area (Å²) in [5.74, 6) is -0.553. The fourth-order valence-corrected chi connectivity index (χ4v) is 1.04. The fourth-order valence-electron chi connectivity index (χ4n) is 1.04. The molecule has 0 N–H and O–H groups in total. The standard InChI is InChI=1S/C10H18O3/c1-7(11)10(6,9(3,4)5)13-8(2)12/h1-6H3. The summed E-state index contributed by atoms with van der Waals surface area (Å²) in [4.78, 5) is 22.2. The van der Waals surface area contributed by atoms with Gasteiger partial charge in [-0.2, -0.15) is 0 Å². The lowest BCUT2D eigenvalue weighted by Crippen LogP contribution is -2.49. The highest BCUT2D eigenvalue weighted by Crippen LogP contribution is 2.34. The molecule has 0 bridgehead atoms. The topological polar surface area (TPSA) is 43.4 Å². The number of rotatable bonds is 2. The molecule has 13 heavy (non-hydrogen) atoms. The predicted molar refractivity (Wildman–Crippen MR) is 50.3 cm³/mol. The molecule has 0 aromatic heterocycles. The van der Waals surface area contributed by atoms with Crippen LogP contribution >= 0.6 is 0 Å². The Morgan fingerprint density at radius 2 is 1.38 bits per heavy atom. The van der Waals surface area contributed by atoms with E-state index in [0.29, 0.717) is 0 Å². The molecule has 0 aliphatic carbocycles. The predicted octanol–water partition coefficient (Wildman–Crippen LogP) is 1.94. The number of hydrogen-bond acceptors (Lipinski definition) is 3. The number of hydrogen-bond donors (Lipinski definition) is 0. The van der Waals surface area contributed by atoms with E-state index < -0.39 is 11.6 Å². The van der Waals surface area contributed by atoms with Gasteiger partial charge in [0.2, 0.25) is 0 Å². The van der Waals surface area contributed by atoms with Crippen molar-refractivity contribution in [1.82, 2.24) is 0 Å². The van der Waals surface area contributed by atoms with E-state index >= 15 is 0 Å². The molecule has 0 aromatic rings. The number of Topliss-reactive ketones (excluding diaryl/α,β-unsaturated/α-hetero) is 1. The van der Waals surface area contributed by atoms with E-state index in [1.165, 1.54) is 13.8 Å². The van der Waals surface area contributed by atoms with Crippen molar-refractivity contribution in [2.75, 3.05) is 0 Å². The van der Waals surface area contributed by atoms with Crippen molar-refractivity contribution in [2.24, 2.45) is 5.41 Å². The van der Waals surface area contributed by atoms with Crippen molar-refractivity contribution in [3.63, 3.8) is 0 Å². The minimum Gasteiger partial charge on any atom is -0.451 e. The lowest BCUT2D eigenvalue weighted by Gasteiger charge is -2.38. The number of carbonyl (C=O) groups is 2. The quantitative estimate of drug-likeness (QED) is 0.619. The minimum absolute atomic E-state index is 0.129. The SMILES string of the molecule is CC(=O)OC(C)(C(C)=O)C(C)(C)C. The van der Waals surface area contributed by atoms with E-state index in [2.05, 4.69) is 0 Å². The summed E-state index contributed by atoms with van der Waals surface area (Å²) in [5, 5.41) is 0. The molecule has 76 valence electrons. The van der Waals surface area contributed by atoms with Gasteiger partial charge in [-0.15, -0.1) is 0 Å². The van der Waals surface area contributed by atoms with Crippen LogP contribution in [0.2, 0.25) is 0 Å². The molecule has 3 heteroatoms. The molecule has 1 unspecified atom stereocenters. The van der Waals surface area contributed by atoms with E-state index in [1.54, 1.807) is 6.92 Å². The molecule has 1 atom stereocenters. The number of ketones is 1. The lowest BCUT2D eigenvalue weighted by atomic mass is 9.75. The molecule has 0 saturated heterocycles. The first kappa shape index (κ1) is 12.1. The second kappa shape index (κ2) is 3.48. The zero-order valence-electron chi connectivity index (χ0n) is 9.22. The third kappa shape index (κ3) is 2.54. The Kier molecular flexibility index (Phi) is 3.25. The molecule has 0 aliphatic rings. The van der Waals surface area contributed by atoms with Crippen LogP contribution in [-0.4, -0.2) is 17.4 Å². The largest absolute Gasteiger partial charge is 0.451 e. The highest BCUT2D eigenvalue weighted by molar-refractivity contribution is 5.87. The smallest absolute Gasteiger partial charge is 0.303 e. The summed E-state index contributed by atoms with van der Waals surface area (Å²) in [5.41, 5.74) is -1.41. The highest BCUT2D eigenvalue weighted by Gasteiger charge is 2.44. The summed E-state index contributed by atoms with van der Waals surface area (Å²) in [7, 11) is 0. The van der Waals surface area contributed by atoms with Gasteiger partial charge in [-0.25, -0.2) is 0 Å². The van der Waals surface area contributed by atoms with Crippen LogP contribution in [0, 0.1) is 5.41 Å². The van der Waals surface area contributed by atoms with Gasteiger partial charge in [0.25, 0.3) is 0 Å². The Balaban J connectivity index is 4.96. The van der Waals surface area contributed by atoms with Gasteiger partial charge in [-0.05, 0) is 13.8 Å². The first-order chi connectivity index (χ1) is 5.61. The van der Waals surface area contributed by atoms with Crippen LogP contribution in [0.3, 0.4) is 0 Å². The van der Waals surface area contributed by atoms with Crippen molar-refractivity contribution in [2.45, 2.75) is 47.1 Å². The average molecular weight is 186 g/mol. The summed E-state index contributed by atoms with van der Waals surface area (Å²) < 4.78 is 5.08. The first-order valence-corrected chi connectivity index (χ1v) is 4.32. The molecule has 0 amide bonds. The van der Waals surface area contributed by atoms with E-state index in [1.807, 2.05) is 20.8 Å². The summed E-state index contributed by atoms with van der Waals surface area (Å²) >= 11 is 0. The van der Waals surface area contributed by atoms with Crippen molar-refractivity contribution < 1.29 is 14.3 Å². The number of esters is 1. The van der Waals surface area contributed by atoms with Gasteiger partial charge < -0.3 is 4.74 Å². The molecule has 3 nitrogen and oxygen atoms in total. The van der Waals surface area contributed by atoms with Gasteiger partial charge in [0, 0.05) is 12.3 Å². The molecule has 0 aromatic carbocycles. The molecular formula is C10H18O3. The first-order valence-electron chi connectivity index (χ1n) is 4.32. The van der Waals surface area contributed by atoms with Gasteiger partial charge in [0.05, 0.1) is 0 Å². The van der Waals surface area contributed by atoms with Crippen molar-refractivity contribution in [3.8, 4) is 0 Å². The molecule has 0 rings (SSSR count). The van der Waals surface area contributed by atoms with E-state index in [9.17, 15) is 9.59 Å². The third-order valence-corrected chi connectivity index (χ3v) is 2.45. The van der Waals surface area contributed by atoms with Crippen LogP contribution in [0.4, 0.5) is 0 Å². The molecule has 0 fully saturated rings. The maximum Gasteiger partial charge on any atom is 0.303 e. The molecular weight excluding hydrogens is 168 g/mol. The van der Waals surface area contributed by atoms with E-state index in [-0.39, 0.29) is 11.2 Å². The monoisotopic (exact) mass is 186 g/mol. The molecule has 0 heterocycles. The van der Waals surface area contributed by atoms with Gasteiger partial charge >= 0.3 is 5.97 Å². The third-order valence-electron chi connectivity index (χ3n) is 2.45. The van der Waals surface area contributed by atoms with Crippen LogP contribution in [0.1, 0.15) is 41.5 Å². The van der Waals surface area contributed by atoms with Gasteiger partial charge in [0.1, 0.15) is 0 Å². The van der Waals surface area contributed by atoms with Crippen LogP contribution in [0.5, 0.6) is 0 Å². The normalized spacial score (nSPS) is 16.2. The molecule has 0 saturated carbocycles. The maximum atomic E-state index is 11.4. The lowest BCUT2D eigenvalue weighted by molar-refractivity contribution is -0.174. The number of carbonyl (C=O) groups excluding carboxylic acids is 2. The molecule has 0 spiro atoms. The van der Waals surface area contributed by atoms with Gasteiger partial charge in [-0.1, -0.05) is 20.8 Å². The maximum absolute atomic E-state index is 11.4. The Bertz CT molecular complexity index is 225. The highest BCUT2D eigenvalue weighted by atomic mass is 16.6. The second-order valence-electron chi connectivity index (χ2n) is 4.43. The summed E-state index contributed by atoms with van der Waals surface area (Å²) in [6, 6.07) is 0. The molecule has 0 radical (unpaired) electrons.